The molecule has 0 aliphatic carbocycles. The molecule has 0 unspecified atom stereocenters. The maximum absolute atomic E-state index is 11.9. The molecule has 0 radical (unpaired) electrons. The Morgan fingerprint density at radius 3 is 2.79 bits per heavy atom. The molecule has 1 atom stereocenters. The van der Waals surface area contributed by atoms with Gasteiger partial charge in [-0.3, -0.25) is 14.5 Å². The first-order valence-corrected chi connectivity index (χ1v) is 6.44. The van der Waals surface area contributed by atoms with Crippen LogP contribution in [0.1, 0.15) is 23.7 Å². The smallest absolute Gasteiger partial charge is 0.238 e. The van der Waals surface area contributed by atoms with Crippen molar-refractivity contribution in [2.75, 3.05) is 25.0 Å². The number of para-hydroxylation sites is 1. The van der Waals surface area contributed by atoms with Crippen molar-refractivity contribution in [1.82, 2.24) is 4.90 Å². The lowest BCUT2D eigenvalue weighted by Crippen LogP contribution is -2.33. The molecule has 19 heavy (non-hydrogen) atoms. The minimum absolute atomic E-state index is 0.0564. The average Bonchev–Trinajstić information content (AvgIpc) is 2.75. The second kappa shape index (κ2) is 5.95. The van der Waals surface area contributed by atoms with Crippen molar-refractivity contribution >= 4 is 17.4 Å². The van der Waals surface area contributed by atoms with E-state index in [0.717, 1.165) is 19.5 Å². The van der Waals surface area contributed by atoms with E-state index < -0.39 is 0 Å². The second-order valence-corrected chi connectivity index (χ2v) is 4.93. The van der Waals surface area contributed by atoms with Gasteiger partial charge >= 0.3 is 0 Å². The van der Waals surface area contributed by atoms with Gasteiger partial charge in [-0.1, -0.05) is 12.1 Å². The molecule has 0 bridgehead atoms. The van der Waals surface area contributed by atoms with Crippen molar-refractivity contribution in [2.24, 2.45) is 5.73 Å². The monoisotopic (exact) mass is 261 g/mol. The van der Waals surface area contributed by atoms with Crippen LogP contribution >= 0.6 is 0 Å². The van der Waals surface area contributed by atoms with E-state index in [1.165, 1.54) is 6.92 Å². The van der Waals surface area contributed by atoms with Crippen molar-refractivity contribution in [3.63, 3.8) is 0 Å². The number of hydrogen-bond donors (Lipinski definition) is 2. The number of nitrogens with zero attached hydrogens (tertiary/aromatic N) is 1. The Labute approximate surface area is 112 Å². The van der Waals surface area contributed by atoms with Crippen molar-refractivity contribution < 1.29 is 9.59 Å². The Hall–Kier alpha value is -1.72. The number of carbonyl (C=O) groups is 2. The normalized spacial score (nSPS) is 19.4. The number of hydrogen-bond acceptors (Lipinski definition) is 4. The number of likely N-dealkylation sites (tertiary alicyclic amines) is 1. The number of ketones is 1. The van der Waals surface area contributed by atoms with E-state index in [0.29, 0.717) is 17.8 Å². The Morgan fingerprint density at radius 2 is 2.16 bits per heavy atom. The maximum atomic E-state index is 11.9. The second-order valence-electron chi connectivity index (χ2n) is 4.93. The van der Waals surface area contributed by atoms with Crippen LogP contribution in [0.25, 0.3) is 0 Å². The van der Waals surface area contributed by atoms with Gasteiger partial charge in [-0.15, -0.1) is 0 Å². The van der Waals surface area contributed by atoms with Gasteiger partial charge in [-0.05, 0) is 25.5 Å². The zero-order valence-electron chi connectivity index (χ0n) is 11.1. The molecule has 1 heterocycles. The predicted molar refractivity (Wildman–Crippen MR) is 74.1 cm³/mol. The molecule has 2 rings (SSSR count). The Morgan fingerprint density at radius 1 is 1.42 bits per heavy atom. The maximum Gasteiger partial charge on any atom is 0.238 e. The third kappa shape index (κ3) is 3.62. The number of amides is 1. The first-order valence-electron chi connectivity index (χ1n) is 6.44. The first-order chi connectivity index (χ1) is 9.06. The molecule has 1 aliphatic heterocycles. The summed E-state index contributed by atoms with van der Waals surface area (Å²) >= 11 is 0. The fourth-order valence-electron chi connectivity index (χ4n) is 2.30. The summed E-state index contributed by atoms with van der Waals surface area (Å²) in [5, 5.41) is 2.79. The van der Waals surface area contributed by atoms with Crippen LogP contribution < -0.4 is 11.1 Å². The topological polar surface area (TPSA) is 75.4 Å². The van der Waals surface area contributed by atoms with E-state index in [1.807, 2.05) is 4.90 Å². The van der Waals surface area contributed by atoms with Crippen LogP contribution in [-0.2, 0) is 4.79 Å². The highest BCUT2D eigenvalue weighted by Crippen LogP contribution is 2.15. The fraction of sp³-hybridized carbons (Fsp3) is 0.429. The lowest BCUT2D eigenvalue weighted by Gasteiger charge is -2.15. The zero-order valence-corrected chi connectivity index (χ0v) is 11.1. The van der Waals surface area contributed by atoms with Gasteiger partial charge in [0.1, 0.15) is 0 Å². The van der Waals surface area contributed by atoms with Crippen molar-refractivity contribution in [3.8, 4) is 0 Å². The van der Waals surface area contributed by atoms with Gasteiger partial charge in [0, 0.05) is 24.7 Å². The molecule has 1 aliphatic rings. The van der Waals surface area contributed by atoms with Crippen LogP contribution in [0.15, 0.2) is 24.3 Å². The van der Waals surface area contributed by atoms with Gasteiger partial charge in [0.25, 0.3) is 0 Å². The van der Waals surface area contributed by atoms with Gasteiger partial charge in [-0.2, -0.15) is 0 Å². The van der Waals surface area contributed by atoms with E-state index in [-0.39, 0.29) is 17.7 Å². The Bertz CT molecular complexity index is 487. The van der Waals surface area contributed by atoms with E-state index in [4.69, 9.17) is 5.73 Å². The molecular weight excluding hydrogens is 242 g/mol. The summed E-state index contributed by atoms with van der Waals surface area (Å²) in [6.07, 6.45) is 0.928. The molecule has 1 aromatic rings. The third-order valence-electron chi connectivity index (χ3n) is 3.26. The summed E-state index contributed by atoms with van der Waals surface area (Å²) in [5.41, 5.74) is 6.91. The molecular formula is C14H19N3O2. The van der Waals surface area contributed by atoms with Gasteiger partial charge < -0.3 is 11.1 Å². The molecule has 0 spiro atoms. The van der Waals surface area contributed by atoms with Crippen LogP contribution in [-0.4, -0.2) is 42.3 Å². The summed E-state index contributed by atoms with van der Waals surface area (Å²) in [7, 11) is 0. The highest BCUT2D eigenvalue weighted by molar-refractivity contribution is 6.04. The predicted octanol–water partition coefficient (Wildman–Crippen LogP) is 0.861. The quantitative estimate of drug-likeness (QED) is 0.788. The van der Waals surface area contributed by atoms with Crippen LogP contribution in [0.4, 0.5) is 5.69 Å². The van der Waals surface area contributed by atoms with Crippen molar-refractivity contribution in [1.29, 1.82) is 0 Å². The number of nitrogens with one attached hydrogen (secondary N) is 1. The first kappa shape index (κ1) is 13.7. The highest BCUT2D eigenvalue weighted by Gasteiger charge is 2.21. The van der Waals surface area contributed by atoms with Gasteiger partial charge in [0.15, 0.2) is 5.78 Å². The van der Waals surface area contributed by atoms with E-state index in [9.17, 15) is 9.59 Å². The van der Waals surface area contributed by atoms with Crippen LogP contribution in [0, 0.1) is 0 Å². The molecule has 0 aromatic heterocycles. The number of Topliss-reactive ketones (excluding diaryl/α,β-unsaturated/α-hetero) is 1. The summed E-state index contributed by atoms with van der Waals surface area (Å²) in [5.74, 6) is -0.165. The van der Waals surface area contributed by atoms with Gasteiger partial charge in [0.05, 0.1) is 12.2 Å². The Kier molecular flexibility index (Phi) is 4.29. The number of rotatable bonds is 4. The summed E-state index contributed by atoms with van der Waals surface area (Å²) < 4.78 is 0. The molecule has 5 nitrogen and oxygen atoms in total. The van der Waals surface area contributed by atoms with Crippen LogP contribution in [0.5, 0.6) is 0 Å². The summed E-state index contributed by atoms with van der Waals surface area (Å²) in [6.45, 7) is 3.41. The number of benzene rings is 1. The SMILES string of the molecule is CC(=O)c1ccccc1NC(=O)CN1CC[C@H](N)C1. The molecule has 1 saturated heterocycles. The fourth-order valence-corrected chi connectivity index (χ4v) is 2.30. The third-order valence-corrected chi connectivity index (χ3v) is 3.26. The molecule has 102 valence electrons. The minimum atomic E-state index is -0.109. The molecule has 1 aromatic carbocycles. The molecule has 5 heteroatoms. The minimum Gasteiger partial charge on any atom is -0.326 e. The van der Waals surface area contributed by atoms with E-state index >= 15 is 0 Å². The van der Waals surface area contributed by atoms with Crippen LogP contribution in [0.2, 0.25) is 0 Å². The number of nitrogens with two attached hydrogens (primary N) is 1. The average molecular weight is 261 g/mol. The van der Waals surface area contributed by atoms with Crippen LogP contribution in [0.3, 0.4) is 0 Å². The van der Waals surface area contributed by atoms with E-state index in [1.54, 1.807) is 24.3 Å². The highest BCUT2D eigenvalue weighted by atomic mass is 16.2. The van der Waals surface area contributed by atoms with Gasteiger partial charge in [0.2, 0.25) is 5.91 Å². The summed E-state index contributed by atoms with van der Waals surface area (Å²) in [4.78, 5) is 25.4. The molecule has 1 amide bonds. The lowest BCUT2D eigenvalue weighted by molar-refractivity contribution is -0.117. The molecule has 3 N–H and O–H groups in total. The lowest BCUT2D eigenvalue weighted by atomic mass is 10.1. The summed E-state index contributed by atoms with van der Waals surface area (Å²) in [6, 6.07) is 7.20. The van der Waals surface area contributed by atoms with Crippen molar-refractivity contribution in [3.05, 3.63) is 29.8 Å². The number of anilines is 1. The van der Waals surface area contributed by atoms with Crippen molar-refractivity contribution in [2.45, 2.75) is 19.4 Å². The largest absolute Gasteiger partial charge is 0.326 e. The standard InChI is InChI=1S/C14H19N3O2/c1-10(18)12-4-2-3-5-13(12)16-14(19)9-17-7-6-11(15)8-17/h2-5,11H,6-9,15H2,1H3,(H,16,19)/t11-/m0/s1. The molecule has 0 saturated carbocycles. The van der Waals surface area contributed by atoms with Gasteiger partial charge in [-0.25, -0.2) is 0 Å². The zero-order chi connectivity index (χ0) is 13.8. The van der Waals surface area contributed by atoms with E-state index in [2.05, 4.69) is 5.32 Å². The molecule has 1 fully saturated rings. The number of carbonyl (C=O) groups excluding carboxylic acids is 2. The Balaban J connectivity index is 1.97.